The summed E-state index contributed by atoms with van der Waals surface area (Å²) in [5.41, 5.74) is 0. The Hall–Kier alpha value is 0.200. The van der Waals surface area contributed by atoms with Crippen molar-refractivity contribution in [2.75, 3.05) is 4.43 Å². The van der Waals surface area contributed by atoms with Crippen LogP contribution in [0.3, 0.4) is 0 Å². The fraction of sp³-hybridized carbons (Fsp3) is 0.857. The molecule has 1 rings (SSSR count). The van der Waals surface area contributed by atoms with Gasteiger partial charge >= 0.3 is 5.97 Å². The molecule has 0 spiro atoms. The predicted molar refractivity (Wildman–Crippen MR) is 47.2 cm³/mol. The fourth-order valence-corrected chi connectivity index (χ4v) is 1.62. The Balaban J connectivity index is 2.41. The summed E-state index contributed by atoms with van der Waals surface area (Å²) in [4.78, 5) is 10.9. The van der Waals surface area contributed by atoms with E-state index in [4.69, 9.17) is 4.74 Å². The molecule has 58 valence electrons. The lowest BCUT2D eigenvalue weighted by atomic mass is 10.0. The summed E-state index contributed by atoms with van der Waals surface area (Å²) in [6.45, 7) is 1.92. The van der Waals surface area contributed by atoms with E-state index in [2.05, 4.69) is 22.6 Å². The van der Waals surface area contributed by atoms with E-state index in [0.29, 0.717) is 0 Å². The maximum atomic E-state index is 10.9. The molecule has 1 saturated heterocycles. The third kappa shape index (κ3) is 1.84. The maximum absolute atomic E-state index is 10.9. The molecule has 3 heteroatoms. The van der Waals surface area contributed by atoms with Crippen molar-refractivity contribution in [2.24, 2.45) is 5.92 Å². The average Bonchev–Trinajstić information content (AvgIpc) is 1.95. The number of rotatable bonds is 1. The number of cyclic esters (lactones) is 1. The third-order valence-electron chi connectivity index (χ3n) is 1.78. The zero-order chi connectivity index (χ0) is 7.56. The minimum absolute atomic E-state index is 0.0204. The molecule has 10 heavy (non-hydrogen) atoms. The summed E-state index contributed by atoms with van der Waals surface area (Å²) >= 11 is 2.25. The number of alkyl halides is 1. The summed E-state index contributed by atoms with van der Waals surface area (Å²) in [5.74, 6) is 0.104. The minimum Gasteiger partial charge on any atom is -0.461 e. The third-order valence-corrected chi connectivity index (χ3v) is 2.76. The molecule has 0 N–H and O–H groups in total. The Morgan fingerprint density at radius 2 is 2.40 bits per heavy atom. The summed E-state index contributed by atoms with van der Waals surface area (Å²) in [6.07, 6.45) is 2.21. The van der Waals surface area contributed by atoms with Crippen LogP contribution in [0.25, 0.3) is 0 Å². The van der Waals surface area contributed by atoms with Crippen LogP contribution in [0.5, 0.6) is 0 Å². The van der Waals surface area contributed by atoms with Crippen LogP contribution in [0.2, 0.25) is 0 Å². The van der Waals surface area contributed by atoms with Crippen molar-refractivity contribution in [3.63, 3.8) is 0 Å². The molecule has 0 bridgehead atoms. The van der Waals surface area contributed by atoms with E-state index in [0.717, 1.165) is 17.3 Å². The van der Waals surface area contributed by atoms with Gasteiger partial charge in [0.2, 0.25) is 0 Å². The average molecular weight is 254 g/mol. The zero-order valence-corrected chi connectivity index (χ0v) is 8.13. The molecule has 0 saturated carbocycles. The van der Waals surface area contributed by atoms with Crippen LogP contribution in [0.4, 0.5) is 0 Å². The predicted octanol–water partition coefficient (Wildman–Crippen LogP) is 1.76. The SMILES string of the molecule is C[C@@H]1CC[C@@H](CI)OC1=O. The normalized spacial score (nSPS) is 33.6. The molecule has 0 aliphatic carbocycles. The summed E-state index contributed by atoms with van der Waals surface area (Å²) in [7, 11) is 0. The molecule has 0 aromatic carbocycles. The Kier molecular flexibility index (Phi) is 2.95. The molecule has 1 fully saturated rings. The lowest BCUT2D eigenvalue weighted by Gasteiger charge is -2.24. The second-order valence-electron chi connectivity index (χ2n) is 2.69. The summed E-state index contributed by atoms with van der Waals surface area (Å²) < 4.78 is 6.03. The molecule has 0 amide bonds. The maximum Gasteiger partial charge on any atom is 0.308 e. The first kappa shape index (κ1) is 8.30. The van der Waals surface area contributed by atoms with E-state index in [1.54, 1.807) is 0 Å². The highest BCUT2D eigenvalue weighted by atomic mass is 127. The Labute approximate surface area is 74.5 Å². The highest BCUT2D eigenvalue weighted by molar-refractivity contribution is 14.1. The highest BCUT2D eigenvalue weighted by Gasteiger charge is 2.25. The summed E-state index contributed by atoms with van der Waals surface area (Å²) in [5, 5.41) is 0. The van der Waals surface area contributed by atoms with Crippen LogP contribution < -0.4 is 0 Å². The van der Waals surface area contributed by atoms with Gasteiger partial charge in [0.25, 0.3) is 0 Å². The number of carbonyl (C=O) groups excluding carboxylic acids is 1. The quantitative estimate of drug-likeness (QED) is 0.405. The van der Waals surface area contributed by atoms with Crippen LogP contribution in [0.1, 0.15) is 19.8 Å². The minimum atomic E-state index is -0.0204. The van der Waals surface area contributed by atoms with E-state index in [1.807, 2.05) is 6.92 Å². The lowest BCUT2D eigenvalue weighted by Crippen LogP contribution is -2.30. The van der Waals surface area contributed by atoms with Gasteiger partial charge in [-0.3, -0.25) is 4.79 Å². The molecule has 0 aromatic heterocycles. The molecule has 2 nitrogen and oxygen atoms in total. The largest absolute Gasteiger partial charge is 0.461 e. The Morgan fingerprint density at radius 1 is 1.70 bits per heavy atom. The second-order valence-corrected chi connectivity index (χ2v) is 3.57. The van der Waals surface area contributed by atoms with E-state index < -0.39 is 0 Å². The lowest BCUT2D eigenvalue weighted by molar-refractivity contribution is -0.157. The van der Waals surface area contributed by atoms with Gasteiger partial charge in [-0.1, -0.05) is 29.5 Å². The van der Waals surface area contributed by atoms with Gasteiger partial charge in [-0.25, -0.2) is 0 Å². The standard InChI is InChI=1S/C7H11IO2/c1-5-2-3-6(4-8)10-7(5)9/h5-6H,2-4H2,1H3/t5-,6+/m1/s1. The monoisotopic (exact) mass is 254 g/mol. The molecular formula is C7H11IO2. The number of carbonyl (C=O) groups is 1. The van der Waals surface area contributed by atoms with Gasteiger partial charge in [-0.05, 0) is 12.8 Å². The van der Waals surface area contributed by atoms with Gasteiger partial charge < -0.3 is 4.74 Å². The summed E-state index contributed by atoms with van der Waals surface area (Å²) in [6, 6.07) is 0. The van der Waals surface area contributed by atoms with Crippen LogP contribution >= 0.6 is 22.6 Å². The van der Waals surface area contributed by atoms with Crippen molar-refractivity contribution in [1.82, 2.24) is 0 Å². The molecule has 1 aliphatic heterocycles. The van der Waals surface area contributed by atoms with Gasteiger partial charge in [0.1, 0.15) is 6.10 Å². The van der Waals surface area contributed by atoms with E-state index in [9.17, 15) is 4.79 Å². The molecule has 2 atom stereocenters. The van der Waals surface area contributed by atoms with E-state index in [1.165, 1.54) is 0 Å². The molecule has 1 aliphatic rings. The van der Waals surface area contributed by atoms with Crippen molar-refractivity contribution in [1.29, 1.82) is 0 Å². The first-order chi connectivity index (χ1) is 4.74. The van der Waals surface area contributed by atoms with Gasteiger partial charge in [-0.15, -0.1) is 0 Å². The second kappa shape index (κ2) is 3.55. The van der Waals surface area contributed by atoms with Gasteiger partial charge in [0.15, 0.2) is 0 Å². The van der Waals surface area contributed by atoms with Crippen LogP contribution in [0.15, 0.2) is 0 Å². The van der Waals surface area contributed by atoms with Crippen molar-refractivity contribution < 1.29 is 9.53 Å². The van der Waals surface area contributed by atoms with Crippen molar-refractivity contribution in [3.05, 3.63) is 0 Å². The van der Waals surface area contributed by atoms with E-state index in [-0.39, 0.29) is 18.0 Å². The molecule has 0 aromatic rings. The van der Waals surface area contributed by atoms with Crippen LogP contribution in [-0.4, -0.2) is 16.5 Å². The van der Waals surface area contributed by atoms with Crippen LogP contribution in [0, 0.1) is 5.92 Å². The first-order valence-electron chi connectivity index (χ1n) is 3.50. The number of esters is 1. The molecule has 0 radical (unpaired) electrons. The molecular weight excluding hydrogens is 243 g/mol. The Morgan fingerprint density at radius 3 is 2.90 bits per heavy atom. The molecule has 1 heterocycles. The van der Waals surface area contributed by atoms with E-state index >= 15 is 0 Å². The zero-order valence-electron chi connectivity index (χ0n) is 5.97. The smallest absolute Gasteiger partial charge is 0.308 e. The highest BCUT2D eigenvalue weighted by Crippen LogP contribution is 2.20. The molecule has 0 unspecified atom stereocenters. The van der Waals surface area contributed by atoms with Crippen molar-refractivity contribution >= 4 is 28.6 Å². The van der Waals surface area contributed by atoms with Crippen molar-refractivity contribution in [2.45, 2.75) is 25.9 Å². The number of hydrogen-bond donors (Lipinski definition) is 0. The first-order valence-corrected chi connectivity index (χ1v) is 5.03. The van der Waals surface area contributed by atoms with Gasteiger partial charge in [-0.2, -0.15) is 0 Å². The van der Waals surface area contributed by atoms with Crippen molar-refractivity contribution in [3.8, 4) is 0 Å². The van der Waals surface area contributed by atoms with Crippen LogP contribution in [-0.2, 0) is 9.53 Å². The Bertz CT molecular complexity index is 136. The fourth-order valence-electron chi connectivity index (χ4n) is 1.00. The number of ether oxygens (including phenoxy) is 1. The van der Waals surface area contributed by atoms with Gasteiger partial charge in [0.05, 0.1) is 5.92 Å². The number of halogens is 1. The van der Waals surface area contributed by atoms with Gasteiger partial charge in [0, 0.05) is 4.43 Å². The topological polar surface area (TPSA) is 26.3 Å². The number of hydrogen-bond acceptors (Lipinski definition) is 2.